The van der Waals surface area contributed by atoms with Crippen molar-refractivity contribution in [2.24, 2.45) is 0 Å². The molecule has 0 amide bonds. The number of nitrogens with zero attached hydrogens (tertiary/aromatic N) is 2. The van der Waals surface area contributed by atoms with Gasteiger partial charge in [0.15, 0.2) is 0 Å². The van der Waals surface area contributed by atoms with Gasteiger partial charge < -0.3 is 9.80 Å². The molecule has 0 N–H and O–H groups in total. The number of hydrogen-bond donors (Lipinski definition) is 0. The predicted octanol–water partition coefficient (Wildman–Crippen LogP) is 11.6. The lowest BCUT2D eigenvalue weighted by Crippen LogP contribution is -2.44. The van der Waals surface area contributed by atoms with Gasteiger partial charge in [0.05, 0.1) is 6.67 Å². The van der Waals surface area contributed by atoms with Crippen LogP contribution in [0.1, 0.15) is 128 Å². The van der Waals surface area contributed by atoms with Gasteiger partial charge in [-0.15, -0.1) is 0 Å². The summed E-state index contributed by atoms with van der Waals surface area (Å²) >= 11 is 0. The van der Waals surface area contributed by atoms with Gasteiger partial charge in [0, 0.05) is 29.3 Å². The third-order valence-corrected chi connectivity index (χ3v) is 18.9. The SMILES string of the molecule is c1cc2c3c(cccc3c1)N(CP(C1CCCCC1)C1CCCCC1)CN2CP(C1CCCCC1)C1CCCCC1. The molecule has 2 aromatic carbocycles. The summed E-state index contributed by atoms with van der Waals surface area (Å²) in [7, 11) is 0.0979. The molecule has 4 saturated carbocycles. The summed E-state index contributed by atoms with van der Waals surface area (Å²) in [5.74, 6) is 0. The average molecular weight is 591 g/mol. The molecular formula is C37H56N2P2. The zero-order valence-electron chi connectivity index (χ0n) is 25.8. The highest BCUT2D eigenvalue weighted by Crippen LogP contribution is 2.59. The Morgan fingerprint density at radius 2 is 0.805 bits per heavy atom. The van der Waals surface area contributed by atoms with Crippen molar-refractivity contribution in [2.75, 3.05) is 29.0 Å². The van der Waals surface area contributed by atoms with Gasteiger partial charge in [-0.2, -0.15) is 0 Å². The van der Waals surface area contributed by atoms with Gasteiger partial charge in [0.1, 0.15) is 0 Å². The quantitative estimate of drug-likeness (QED) is 0.282. The summed E-state index contributed by atoms with van der Waals surface area (Å²) in [6.45, 7) is 1.15. The zero-order valence-corrected chi connectivity index (χ0v) is 27.6. The maximum absolute atomic E-state index is 2.94. The van der Waals surface area contributed by atoms with Crippen molar-refractivity contribution in [3.8, 4) is 0 Å². The maximum atomic E-state index is 2.94. The second kappa shape index (κ2) is 13.9. The monoisotopic (exact) mass is 590 g/mol. The van der Waals surface area contributed by atoms with Crippen molar-refractivity contribution in [2.45, 2.75) is 151 Å². The molecule has 2 nitrogen and oxygen atoms in total. The van der Waals surface area contributed by atoms with E-state index in [1.165, 1.54) is 146 Å². The van der Waals surface area contributed by atoms with Crippen LogP contribution < -0.4 is 9.80 Å². The van der Waals surface area contributed by atoms with Crippen molar-refractivity contribution in [1.29, 1.82) is 0 Å². The average Bonchev–Trinajstić information content (AvgIpc) is 3.05. The highest BCUT2D eigenvalue weighted by Gasteiger charge is 2.37. The molecule has 0 aromatic heterocycles. The molecule has 0 radical (unpaired) electrons. The molecule has 0 spiro atoms. The Kier molecular flexibility index (Phi) is 9.77. The van der Waals surface area contributed by atoms with Crippen LogP contribution >= 0.6 is 15.8 Å². The highest BCUT2D eigenvalue weighted by atomic mass is 31.1. The summed E-state index contributed by atoms with van der Waals surface area (Å²) in [5, 5.41) is 3.04. The van der Waals surface area contributed by atoms with Gasteiger partial charge in [-0.25, -0.2) is 0 Å². The van der Waals surface area contributed by atoms with Gasteiger partial charge in [-0.1, -0.05) is 117 Å². The molecule has 4 fully saturated rings. The van der Waals surface area contributed by atoms with E-state index >= 15 is 0 Å². The van der Waals surface area contributed by atoms with Crippen LogP contribution in [0.25, 0.3) is 10.8 Å². The van der Waals surface area contributed by atoms with E-state index in [9.17, 15) is 0 Å². The van der Waals surface area contributed by atoms with Gasteiger partial charge in [-0.05, 0) is 91.5 Å². The third kappa shape index (κ3) is 6.51. The summed E-state index contributed by atoms with van der Waals surface area (Å²) < 4.78 is 0. The molecule has 224 valence electrons. The first kappa shape index (κ1) is 28.9. The predicted molar refractivity (Wildman–Crippen MR) is 185 cm³/mol. The Hall–Kier alpha value is -0.840. The minimum absolute atomic E-state index is 0.0489. The van der Waals surface area contributed by atoms with Crippen molar-refractivity contribution < 1.29 is 0 Å². The molecule has 5 aliphatic rings. The van der Waals surface area contributed by atoms with Crippen LogP contribution in [0, 0.1) is 0 Å². The van der Waals surface area contributed by atoms with E-state index in [0.29, 0.717) is 0 Å². The molecule has 1 heterocycles. The Balaban J connectivity index is 1.21. The van der Waals surface area contributed by atoms with Gasteiger partial charge in [0.2, 0.25) is 0 Å². The maximum Gasteiger partial charge on any atom is 0.0910 e. The van der Waals surface area contributed by atoms with E-state index in [4.69, 9.17) is 0 Å². The Morgan fingerprint density at radius 1 is 0.463 bits per heavy atom. The standard InChI is InChI=1S/C37H56N2P2/c1-5-17-31(18-6-1)40(32-19-7-2-8-20-32)28-38-27-39(36-26-14-16-30-15-13-25-35(38)37(30)36)29-41(33-21-9-3-10-22-33)34-23-11-4-12-24-34/h13-16,25-26,31-34H,1-12,17-24,27-29H2. The fraction of sp³-hybridized carbons (Fsp3) is 0.730. The van der Waals surface area contributed by atoms with Crippen LogP contribution in [0.5, 0.6) is 0 Å². The third-order valence-electron chi connectivity index (χ3n) is 11.7. The van der Waals surface area contributed by atoms with E-state index in [0.717, 1.165) is 29.3 Å². The van der Waals surface area contributed by atoms with Crippen LogP contribution in [0.3, 0.4) is 0 Å². The Labute approximate surface area is 253 Å². The summed E-state index contributed by atoms with van der Waals surface area (Å²) in [5.41, 5.74) is 7.21. The first-order chi connectivity index (χ1) is 20.3. The van der Waals surface area contributed by atoms with E-state index in [1.807, 2.05) is 0 Å². The molecule has 4 aliphatic carbocycles. The number of anilines is 2. The molecule has 0 unspecified atom stereocenters. The second-order valence-electron chi connectivity index (χ2n) is 14.4. The smallest absolute Gasteiger partial charge is 0.0910 e. The number of rotatable bonds is 8. The molecular weight excluding hydrogens is 534 g/mol. The van der Waals surface area contributed by atoms with E-state index in [2.05, 4.69) is 46.2 Å². The molecule has 0 saturated heterocycles. The minimum Gasteiger partial charge on any atom is -0.349 e. The summed E-state index contributed by atoms with van der Waals surface area (Å²) in [6.07, 6.45) is 32.8. The van der Waals surface area contributed by atoms with Gasteiger partial charge >= 0.3 is 0 Å². The topological polar surface area (TPSA) is 6.48 Å². The first-order valence-corrected chi connectivity index (χ1v) is 21.2. The molecule has 1 aliphatic heterocycles. The Bertz CT molecular complexity index is 992. The lowest BCUT2D eigenvalue weighted by Gasteiger charge is -2.47. The Morgan fingerprint density at radius 3 is 1.15 bits per heavy atom. The van der Waals surface area contributed by atoms with Crippen molar-refractivity contribution >= 4 is 38.0 Å². The number of benzene rings is 2. The lowest BCUT2D eigenvalue weighted by atomic mass is 9.99. The van der Waals surface area contributed by atoms with Crippen molar-refractivity contribution in [3.63, 3.8) is 0 Å². The number of hydrogen-bond acceptors (Lipinski definition) is 2. The summed E-state index contributed by atoms with van der Waals surface area (Å²) in [4.78, 5) is 5.89. The summed E-state index contributed by atoms with van der Waals surface area (Å²) in [6, 6.07) is 14.5. The van der Waals surface area contributed by atoms with Crippen molar-refractivity contribution in [1.82, 2.24) is 0 Å². The van der Waals surface area contributed by atoms with E-state index in [1.54, 1.807) is 16.8 Å². The van der Waals surface area contributed by atoms with E-state index < -0.39 is 0 Å². The highest BCUT2D eigenvalue weighted by molar-refractivity contribution is 7.59. The van der Waals surface area contributed by atoms with Gasteiger partial charge in [0.25, 0.3) is 0 Å². The van der Waals surface area contributed by atoms with E-state index in [-0.39, 0.29) is 15.8 Å². The molecule has 0 bridgehead atoms. The molecule has 7 rings (SSSR count). The minimum atomic E-state index is 0.0489. The largest absolute Gasteiger partial charge is 0.349 e. The first-order valence-electron chi connectivity index (χ1n) is 17.9. The lowest BCUT2D eigenvalue weighted by molar-refractivity contribution is 0.483. The normalized spacial score (nSPS) is 24.1. The van der Waals surface area contributed by atoms with Gasteiger partial charge in [-0.3, -0.25) is 0 Å². The van der Waals surface area contributed by atoms with Crippen LogP contribution in [-0.4, -0.2) is 41.9 Å². The fourth-order valence-corrected chi connectivity index (χ4v) is 17.0. The molecule has 4 heteroatoms. The fourth-order valence-electron chi connectivity index (χ4n) is 9.53. The zero-order chi connectivity index (χ0) is 27.4. The molecule has 41 heavy (non-hydrogen) atoms. The van der Waals surface area contributed by atoms with Crippen molar-refractivity contribution in [3.05, 3.63) is 36.4 Å². The van der Waals surface area contributed by atoms with Crippen LogP contribution in [0.2, 0.25) is 0 Å². The molecule has 2 aromatic rings. The van der Waals surface area contributed by atoms with Crippen LogP contribution in [0.4, 0.5) is 11.4 Å². The molecule has 0 atom stereocenters. The van der Waals surface area contributed by atoms with Crippen LogP contribution in [0.15, 0.2) is 36.4 Å². The second-order valence-corrected chi connectivity index (χ2v) is 19.9. The van der Waals surface area contributed by atoms with Crippen LogP contribution in [-0.2, 0) is 0 Å².